The zero-order valence-corrected chi connectivity index (χ0v) is 19.7. The summed E-state index contributed by atoms with van der Waals surface area (Å²) >= 11 is 0. The summed E-state index contributed by atoms with van der Waals surface area (Å²) in [6.45, 7) is 1.02. The molecule has 1 aliphatic rings. The maximum atomic E-state index is 13.7. The number of ether oxygens (including phenoxy) is 1. The molecule has 6 nitrogen and oxygen atoms in total. The van der Waals surface area contributed by atoms with Crippen molar-refractivity contribution in [2.45, 2.75) is 25.4 Å². The number of benzene rings is 2. The van der Waals surface area contributed by atoms with E-state index in [1.54, 1.807) is 12.0 Å². The molecule has 0 unspecified atom stereocenters. The van der Waals surface area contributed by atoms with Gasteiger partial charge in [0.05, 0.1) is 18.2 Å². The van der Waals surface area contributed by atoms with Gasteiger partial charge in [-0.2, -0.15) is 13.2 Å². The van der Waals surface area contributed by atoms with Crippen LogP contribution in [-0.4, -0.2) is 46.0 Å². The lowest BCUT2D eigenvalue weighted by Gasteiger charge is -2.23. The van der Waals surface area contributed by atoms with Crippen LogP contribution in [0.4, 0.5) is 13.2 Å². The van der Waals surface area contributed by atoms with Crippen molar-refractivity contribution in [3.05, 3.63) is 77.9 Å². The van der Waals surface area contributed by atoms with Crippen molar-refractivity contribution in [1.29, 1.82) is 0 Å². The smallest absolute Gasteiger partial charge is 0.416 e. The third-order valence-corrected chi connectivity index (χ3v) is 6.46. The molecule has 186 valence electrons. The zero-order valence-electron chi connectivity index (χ0n) is 19.7. The summed E-state index contributed by atoms with van der Waals surface area (Å²) in [6, 6.07) is 10.6. The van der Waals surface area contributed by atoms with Crippen LogP contribution in [0.3, 0.4) is 0 Å². The van der Waals surface area contributed by atoms with Crippen LogP contribution in [0.25, 0.3) is 22.2 Å². The Morgan fingerprint density at radius 3 is 2.67 bits per heavy atom. The molecule has 9 heteroatoms. The lowest BCUT2D eigenvalue weighted by atomic mass is 10.0. The minimum absolute atomic E-state index is 0.0538. The van der Waals surface area contributed by atoms with Gasteiger partial charge in [-0.1, -0.05) is 24.3 Å². The van der Waals surface area contributed by atoms with Gasteiger partial charge in [-0.15, -0.1) is 0 Å². The minimum Gasteiger partial charge on any atom is -0.495 e. The molecule has 4 aromatic rings. The number of hydrogen-bond donors (Lipinski definition) is 1. The van der Waals surface area contributed by atoms with E-state index in [4.69, 9.17) is 4.74 Å². The summed E-state index contributed by atoms with van der Waals surface area (Å²) < 4.78 is 45.3. The predicted molar refractivity (Wildman–Crippen MR) is 130 cm³/mol. The Morgan fingerprint density at radius 2 is 1.92 bits per heavy atom. The lowest BCUT2D eigenvalue weighted by Crippen LogP contribution is -2.35. The summed E-state index contributed by atoms with van der Waals surface area (Å²) in [5.74, 6) is 0.834. The molecule has 5 rings (SSSR count). The first-order chi connectivity index (χ1) is 17.3. The normalized spacial score (nSPS) is 13.7. The number of methoxy groups -OCH3 is 1. The van der Waals surface area contributed by atoms with Crippen LogP contribution in [0, 0.1) is 5.92 Å². The highest BCUT2D eigenvalue weighted by Crippen LogP contribution is 2.34. The highest BCUT2D eigenvalue weighted by atomic mass is 19.4. The molecule has 2 aromatic heterocycles. The second-order valence-electron chi connectivity index (χ2n) is 8.97. The first kappa shape index (κ1) is 23.8. The Hall–Kier alpha value is -3.88. The molecule has 0 aliphatic heterocycles. The molecule has 0 radical (unpaired) electrons. The van der Waals surface area contributed by atoms with Crippen molar-refractivity contribution in [3.8, 4) is 17.0 Å². The number of halogens is 3. The number of fused-ring (bicyclic) bond motifs is 1. The molecule has 1 saturated carbocycles. The number of nitrogens with one attached hydrogen (secondary N) is 1. The average Bonchev–Trinajstić information content (AvgIpc) is 3.62. The van der Waals surface area contributed by atoms with Crippen molar-refractivity contribution in [1.82, 2.24) is 19.9 Å². The third kappa shape index (κ3) is 4.91. The van der Waals surface area contributed by atoms with E-state index in [0.717, 1.165) is 47.2 Å². The molecule has 2 aromatic carbocycles. The maximum absolute atomic E-state index is 13.7. The minimum atomic E-state index is -4.50. The molecular weight excluding hydrogens is 469 g/mol. The molecule has 1 N–H and O–H groups in total. The Labute approximate surface area is 206 Å². The predicted octanol–water partition coefficient (Wildman–Crippen LogP) is 5.75. The summed E-state index contributed by atoms with van der Waals surface area (Å²) in [5, 5.41) is 1.03. The van der Waals surface area contributed by atoms with Gasteiger partial charge in [0.2, 0.25) is 0 Å². The summed E-state index contributed by atoms with van der Waals surface area (Å²) in [7, 11) is 1.62. The van der Waals surface area contributed by atoms with Crippen LogP contribution in [0.2, 0.25) is 0 Å². The Balaban J connectivity index is 1.43. The molecule has 36 heavy (non-hydrogen) atoms. The third-order valence-electron chi connectivity index (χ3n) is 6.46. The van der Waals surface area contributed by atoms with Gasteiger partial charge < -0.3 is 14.6 Å². The fourth-order valence-corrected chi connectivity index (χ4v) is 4.40. The van der Waals surface area contributed by atoms with Gasteiger partial charge >= 0.3 is 6.18 Å². The van der Waals surface area contributed by atoms with Crippen LogP contribution in [0.1, 0.15) is 34.5 Å². The van der Waals surface area contributed by atoms with Crippen LogP contribution in [0.5, 0.6) is 5.75 Å². The summed E-state index contributed by atoms with van der Waals surface area (Å²) in [5.41, 5.74) is 1.56. The quantitative estimate of drug-likeness (QED) is 0.339. The molecule has 1 aliphatic carbocycles. The highest BCUT2D eigenvalue weighted by molar-refractivity contribution is 5.98. The van der Waals surface area contributed by atoms with Gasteiger partial charge in [-0.25, -0.2) is 4.98 Å². The van der Waals surface area contributed by atoms with E-state index in [1.165, 1.54) is 24.5 Å². The Morgan fingerprint density at radius 1 is 1.14 bits per heavy atom. The van der Waals surface area contributed by atoms with Gasteiger partial charge in [0.15, 0.2) is 5.69 Å². The van der Waals surface area contributed by atoms with Crippen molar-refractivity contribution >= 4 is 16.8 Å². The van der Waals surface area contributed by atoms with Crippen molar-refractivity contribution in [3.63, 3.8) is 0 Å². The fourth-order valence-electron chi connectivity index (χ4n) is 4.40. The highest BCUT2D eigenvalue weighted by Gasteiger charge is 2.32. The molecule has 1 amide bonds. The molecule has 0 bridgehead atoms. The molecule has 0 spiro atoms. The number of carbonyl (C=O) groups excluding carboxylic acids is 1. The number of carbonyl (C=O) groups is 1. The number of nitrogens with zero attached hydrogens (tertiary/aromatic N) is 3. The van der Waals surface area contributed by atoms with E-state index in [9.17, 15) is 18.0 Å². The molecule has 0 saturated heterocycles. The molecule has 0 atom stereocenters. The first-order valence-corrected chi connectivity index (χ1v) is 11.8. The standard InChI is InChI=1S/C27H25F3N4O2/c1-36-22-7-3-6-21-19(15-33-24(21)22)10-13-34(16-17-8-9-17)26(35)25-23(31-11-12-32-25)18-4-2-5-20(14-18)27(28,29)30/h2-7,11-12,14-15,17,33H,8-10,13,16H2,1H3. The number of H-pyrrole nitrogens is 1. The first-order valence-electron chi connectivity index (χ1n) is 11.8. The van der Waals surface area contributed by atoms with Gasteiger partial charge in [-0.05, 0) is 48.9 Å². The number of para-hydroxylation sites is 1. The van der Waals surface area contributed by atoms with Crippen molar-refractivity contribution in [2.75, 3.05) is 20.2 Å². The number of alkyl halides is 3. The van der Waals surface area contributed by atoms with E-state index in [0.29, 0.717) is 25.4 Å². The molecule has 2 heterocycles. The van der Waals surface area contributed by atoms with Crippen LogP contribution in [0.15, 0.2) is 61.1 Å². The van der Waals surface area contributed by atoms with Gasteiger partial charge in [0.25, 0.3) is 5.91 Å². The number of amides is 1. The number of aromatic amines is 1. The van der Waals surface area contributed by atoms with E-state index in [-0.39, 0.29) is 22.9 Å². The second-order valence-corrected chi connectivity index (χ2v) is 8.97. The lowest BCUT2D eigenvalue weighted by molar-refractivity contribution is -0.137. The summed E-state index contributed by atoms with van der Waals surface area (Å²) in [4.78, 5) is 27.2. The fraction of sp³-hybridized carbons (Fsp3) is 0.296. The van der Waals surface area contributed by atoms with Gasteiger partial charge in [-0.3, -0.25) is 9.78 Å². The van der Waals surface area contributed by atoms with E-state index >= 15 is 0 Å². The van der Waals surface area contributed by atoms with E-state index < -0.39 is 11.7 Å². The van der Waals surface area contributed by atoms with Crippen LogP contribution >= 0.6 is 0 Å². The monoisotopic (exact) mass is 494 g/mol. The topological polar surface area (TPSA) is 71.1 Å². The molecular formula is C27H25F3N4O2. The number of rotatable bonds is 8. The largest absolute Gasteiger partial charge is 0.495 e. The van der Waals surface area contributed by atoms with E-state index in [1.807, 2.05) is 24.4 Å². The Kier molecular flexibility index (Phi) is 6.38. The zero-order chi connectivity index (χ0) is 25.3. The van der Waals surface area contributed by atoms with E-state index in [2.05, 4.69) is 15.0 Å². The Bertz CT molecular complexity index is 1400. The van der Waals surface area contributed by atoms with Crippen LogP contribution in [-0.2, 0) is 12.6 Å². The SMILES string of the molecule is COc1cccc2c(CCN(CC3CC3)C(=O)c3nccnc3-c3cccc(C(F)(F)F)c3)c[nH]c12. The maximum Gasteiger partial charge on any atom is 0.416 e. The number of hydrogen-bond acceptors (Lipinski definition) is 4. The van der Waals surface area contributed by atoms with Crippen molar-refractivity contribution < 1.29 is 22.7 Å². The van der Waals surface area contributed by atoms with Crippen LogP contribution < -0.4 is 4.74 Å². The number of aromatic nitrogens is 3. The van der Waals surface area contributed by atoms with Gasteiger partial charge in [0.1, 0.15) is 11.4 Å². The molecule has 1 fully saturated rings. The second kappa shape index (κ2) is 9.64. The van der Waals surface area contributed by atoms with Gasteiger partial charge in [0, 0.05) is 42.6 Å². The van der Waals surface area contributed by atoms with Crippen molar-refractivity contribution in [2.24, 2.45) is 5.92 Å². The summed E-state index contributed by atoms with van der Waals surface area (Å²) in [6.07, 6.45) is 2.91. The average molecular weight is 495 g/mol.